The number of aryl methyl sites for hydroxylation is 2. The van der Waals surface area contributed by atoms with Crippen LogP contribution < -0.4 is 33.7 Å². The minimum Gasteiger partial charge on any atom is -0.489 e. The van der Waals surface area contributed by atoms with Gasteiger partial charge in [-0.25, -0.2) is 23.2 Å². The second-order valence-corrected chi connectivity index (χ2v) is 6.24. The zero-order valence-electron chi connectivity index (χ0n) is 14.2. The van der Waals surface area contributed by atoms with E-state index in [0.717, 1.165) is 22.5 Å². The molecule has 0 saturated carbocycles. The molecule has 0 atom stereocenters. The fourth-order valence-corrected chi connectivity index (χ4v) is 2.25. The fraction of sp³-hybridized carbons (Fsp3) is 0.176. The van der Waals surface area contributed by atoms with Gasteiger partial charge in [-0.05, 0) is 27.9 Å². The van der Waals surface area contributed by atoms with Crippen LogP contribution in [0.3, 0.4) is 0 Å². The Kier molecular flexibility index (Phi) is 6.30. The number of benzene rings is 2. The van der Waals surface area contributed by atoms with E-state index < -0.39 is 10.2 Å². The molecule has 3 rings (SSSR count). The molecule has 0 aliphatic carbocycles. The number of nitrogen functional groups attached to an aromatic ring is 1. The number of ether oxygens (including phenoxy) is 1. The summed E-state index contributed by atoms with van der Waals surface area (Å²) >= 11 is 0. The fourth-order valence-electron chi connectivity index (χ4n) is 2.25. The molecule has 0 radical (unpaired) electrons. The first kappa shape index (κ1) is 19.8. The maximum Gasteiger partial charge on any atom is 0.297 e. The quantitative estimate of drug-likeness (QED) is 0.507. The lowest BCUT2D eigenvalue weighted by molar-refractivity contribution is -2.00. The van der Waals surface area contributed by atoms with Crippen LogP contribution in [0.25, 0.3) is 10.8 Å². The number of fused-ring (bicyclic) bond motifs is 1. The molecule has 1 aromatic heterocycles. The van der Waals surface area contributed by atoms with E-state index in [-0.39, 0.29) is 0 Å². The van der Waals surface area contributed by atoms with E-state index in [1.807, 2.05) is 49.0 Å². The van der Waals surface area contributed by atoms with Crippen molar-refractivity contribution < 1.29 is 38.2 Å². The van der Waals surface area contributed by atoms with Gasteiger partial charge in [0.05, 0.1) is 12.6 Å². The highest BCUT2D eigenvalue weighted by Crippen LogP contribution is 2.21. The molecule has 0 spiro atoms. The zero-order valence-corrected chi connectivity index (χ0v) is 15.0. The molecular weight excluding hydrogens is 362 g/mol. The van der Waals surface area contributed by atoms with E-state index in [2.05, 4.69) is 23.2 Å². The Bertz CT molecular complexity index is 893. The lowest BCUT2D eigenvalue weighted by Gasteiger charge is -2.17. The summed E-state index contributed by atoms with van der Waals surface area (Å²) in [5.74, 6) is 2.23. The Morgan fingerprint density at radius 2 is 1.69 bits per heavy atom. The Balaban J connectivity index is 0.000000431. The molecule has 0 saturated heterocycles. The molecule has 0 unspecified atom stereocenters. The number of halogens is 1. The van der Waals surface area contributed by atoms with Gasteiger partial charge in [-0.2, -0.15) is 0 Å². The molecule has 8 nitrogen and oxygen atoms in total. The van der Waals surface area contributed by atoms with Crippen LogP contribution >= 0.6 is 0 Å². The summed E-state index contributed by atoms with van der Waals surface area (Å²) in [6.07, 6.45) is 1.96. The van der Waals surface area contributed by atoms with Crippen molar-refractivity contribution >= 4 is 16.6 Å². The molecule has 26 heavy (non-hydrogen) atoms. The molecule has 9 heteroatoms. The summed E-state index contributed by atoms with van der Waals surface area (Å²) in [5.41, 5.74) is 6.83. The maximum atomic E-state index is 8.49. The van der Waals surface area contributed by atoms with Gasteiger partial charge < -0.3 is 10.5 Å². The first-order valence-corrected chi connectivity index (χ1v) is 8.72. The van der Waals surface area contributed by atoms with E-state index in [4.69, 9.17) is 29.1 Å². The standard InChI is InChI=1S/C17H17N3O.ClHO4/c1-12-19-17(18)15(10-20(12)2)11-21-16-8-7-13-5-3-4-6-14(13)9-16;2-1(3,4)5/h3-10,18H,11H2,1-2H3;(H,2,3,4,5). The maximum absolute atomic E-state index is 8.49. The van der Waals surface area contributed by atoms with Crippen molar-refractivity contribution in [3.8, 4) is 5.75 Å². The van der Waals surface area contributed by atoms with E-state index >= 15 is 0 Å². The molecule has 3 aromatic rings. The van der Waals surface area contributed by atoms with Crippen LogP contribution in [-0.2, 0) is 13.7 Å². The van der Waals surface area contributed by atoms with Crippen molar-refractivity contribution in [2.75, 3.05) is 5.73 Å². The van der Waals surface area contributed by atoms with Gasteiger partial charge in [-0.1, -0.05) is 30.3 Å². The minimum atomic E-state index is -4.94. The van der Waals surface area contributed by atoms with E-state index in [0.29, 0.717) is 12.4 Å². The van der Waals surface area contributed by atoms with Gasteiger partial charge in [-0.3, -0.25) is 0 Å². The van der Waals surface area contributed by atoms with Crippen LogP contribution in [0.5, 0.6) is 5.75 Å². The topological polar surface area (TPSA) is 144 Å². The van der Waals surface area contributed by atoms with Gasteiger partial charge in [0.2, 0.25) is 5.82 Å². The number of nitrogens with two attached hydrogens (primary N) is 1. The molecule has 1 heterocycles. The Hall–Kier alpha value is -2.49. The van der Waals surface area contributed by atoms with E-state index in [9.17, 15) is 0 Å². The second-order valence-electron chi connectivity index (χ2n) is 5.49. The van der Waals surface area contributed by atoms with Crippen molar-refractivity contribution in [2.45, 2.75) is 13.5 Å². The zero-order chi connectivity index (χ0) is 19.3. The average molecular weight is 380 g/mol. The molecule has 0 aliphatic heterocycles. The number of anilines is 1. The predicted molar refractivity (Wildman–Crippen MR) is 82.8 cm³/mol. The summed E-state index contributed by atoms with van der Waals surface area (Å²) in [6, 6.07) is 14.3. The SMILES string of the molecule is Cc1nc(N)c(COc2ccc3ccccc3c2)c[n+]1C.[O-][Cl+3]([O-])([O-])[O-]. The van der Waals surface area contributed by atoms with E-state index in [1.54, 1.807) is 0 Å². The monoisotopic (exact) mass is 379 g/mol. The van der Waals surface area contributed by atoms with Gasteiger partial charge in [0.15, 0.2) is 0 Å². The summed E-state index contributed by atoms with van der Waals surface area (Å²) in [6.45, 7) is 2.33. The average Bonchev–Trinajstić information content (AvgIpc) is 2.55. The summed E-state index contributed by atoms with van der Waals surface area (Å²) in [5, 5.41) is 2.36. The van der Waals surface area contributed by atoms with Crippen LogP contribution in [0, 0.1) is 17.2 Å². The smallest absolute Gasteiger partial charge is 0.297 e. The third-order valence-electron chi connectivity index (χ3n) is 3.59. The molecule has 2 aromatic carbocycles. The summed E-state index contributed by atoms with van der Waals surface area (Å²) in [7, 11) is -3.00. The lowest BCUT2D eigenvalue weighted by atomic mass is 10.1. The van der Waals surface area contributed by atoms with Gasteiger partial charge in [0.25, 0.3) is 5.82 Å². The molecular formula is C17H18ClN3O5. The van der Waals surface area contributed by atoms with Crippen molar-refractivity contribution in [1.29, 1.82) is 0 Å². The number of hydrogen-bond acceptors (Lipinski definition) is 7. The predicted octanol–water partition coefficient (Wildman–Crippen LogP) is -2.23. The van der Waals surface area contributed by atoms with Crippen molar-refractivity contribution in [3.05, 3.63) is 60.0 Å². The van der Waals surface area contributed by atoms with Crippen LogP contribution in [0.4, 0.5) is 5.82 Å². The molecule has 0 fully saturated rings. The Morgan fingerprint density at radius 1 is 1.08 bits per heavy atom. The first-order valence-electron chi connectivity index (χ1n) is 7.48. The number of nitrogens with zero attached hydrogens (tertiary/aromatic N) is 2. The minimum absolute atomic E-state index is 0.408. The largest absolute Gasteiger partial charge is 0.489 e. The lowest BCUT2D eigenvalue weighted by Crippen LogP contribution is -2.68. The molecule has 0 bridgehead atoms. The second kappa shape index (κ2) is 8.26. The Morgan fingerprint density at radius 3 is 2.35 bits per heavy atom. The van der Waals surface area contributed by atoms with Gasteiger partial charge >= 0.3 is 0 Å². The van der Waals surface area contributed by atoms with Crippen LogP contribution in [0.1, 0.15) is 11.4 Å². The summed E-state index contributed by atoms with van der Waals surface area (Å²) < 4.78 is 41.8. The summed E-state index contributed by atoms with van der Waals surface area (Å²) in [4.78, 5) is 4.30. The molecule has 2 N–H and O–H groups in total. The van der Waals surface area contributed by atoms with E-state index in [1.165, 1.54) is 5.39 Å². The number of rotatable bonds is 3. The third-order valence-corrected chi connectivity index (χ3v) is 3.59. The Labute approximate surface area is 152 Å². The van der Waals surface area contributed by atoms with Gasteiger partial charge in [0, 0.05) is 6.92 Å². The molecule has 0 amide bonds. The van der Waals surface area contributed by atoms with Crippen LogP contribution in [-0.4, -0.2) is 4.98 Å². The number of aromatic nitrogens is 2. The van der Waals surface area contributed by atoms with Crippen LogP contribution in [0.15, 0.2) is 48.7 Å². The van der Waals surface area contributed by atoms with Crippen LogP contribution in [0.2, 0.25) is 0 Å². The molecule has 0 aliphatic rings. The molecule has 138 valence electrons. The normalized spacial score (nSPS) is 11.0. The highest BCUT2D eigenvalue weighted by molar-refractivity contribution is 5.83. The van der Waals surface area contributed by atoms with Crippen molar-refractivity contribution in [1.82, 2.24) is 4.98 Å². The van der Waals surface area contributed by atoms with Crippen molar-refractivity contribution in [3.63, 3.8) is 0 Å². The van der Waals surface area contributed by atoms with Gasteiger partial charge in [0.1, 0.15) is 18.6 Å². The van der Waals surface area contributed by atoms with Crippen molar-refractivity contribution in [2.24, 2.45) is 7.05 Å². The highest BCUT2D eigenvalue weighted by atomic mass is 35.7. The highest BCUT2D eigenvalue weighted by Gasteiger charge is 2.12. The third kappa shape index (κ3) is 6.10. The number of hydrogen-bond donors (Lipinski definition) is 1. The van der Waals surface area contributed by atoms with Gasteiger partial charge in [-0.15, -0.1) is 10.2 Å². The first-order chi connectivity index (χ1) is 12.1.